The standard InChI is InChI=1S/C14H32OS.ClH/c1-4-5-6-7-8-9-10-11-12-13-14-16(2,3)15;/h15H,4-14H2,1-3H3;1H. The quantitative estimate of drug-likeness (QED) is 0.471. The molecule has 0 amide bonds. The molecule has 0 unspecified atom stereocenters. The Kier molecular flexibility index (Phi) is 15.3. The Morgan fingerprint density at radius 1 is 0.706 bits per heavy atom. The van der Waals surface area contributed by atoms with E-state index in [-0.39, 0.29) is 12.4 Å². The molecule has 17 heavy (non-hydrogen) atoms. The average molecular weight is 285 g/mol. The van der Waals surface area contributed by atoms with Crippen molar-refractivity contribution in [3.05, 3.63) is 0 Å². The van der Waals surface area contributed by atoms with Gasteiger partial charge in [-0.1, -0.05) is 64.7 Å². The van der Waals surface area contributed by atoms with Gasteiger partial charge in [0.05, 0.1) is 0 Å². The first-order valence-electron chi connectivity index (χ1n) is 6.99. The second-order valence-corrected chi connectivity index (χ2v) is 8.73. The van der Waals surface area contributed by atoms with Crippen LogP contribution in [0.2, 0.25) is 0 Å². The average Bonchev–Trinajstić information content (AvgIpc) is 2.19. The van der Waals surface area contributed by atoms with E-state index in [0.717, 1.165) is 5.75 Å². The third-order valence-electron chi connectivity index (χ3n) is 3.00. The largest absolute Gasteiger partial charge is 0.352 e. The number of halogens is 1. The highest BCUT2D eigenvalue weighted by molar-refractivity contribution is 8.28. The van der Waals surface area contributed by atoms with Crippen molar-refractivity contribution in [3.8, 4) is 0 Å². The van der Waals surface area contributed by atoms with E-state index < -0.39 is 10.3 Å². The molecule has 0 bridgehead atoms. The second kappa shape index (κ2) is 13.0. The summed E-state index contributed by atoms with van der Waals surface area (Å²) < 4.78 is 9.62. The molecule has 0 saturated carbocycles. The van der Waals surface area contributed by atoms with Gasteiger partial charge < -0.3 is 4.55 Å². The lowest BCUT2D eigenvalue weighted by atomic mass is 10.1. The second-order valence-electron chi connectivity index (χ2n) is 5.37. The van der Waals surface area contributed by atoms with Gasteiger partial charge in [-0.3, -0.25) is 0 Å². The first-order valence-corrected chi connectivity index (χ1v) is 9.57. The molecule has 0 aliphatic rings. The van der Waals surface area contributed by atoms with Gasteiger partial charge in [0.1, 0.15) is 0 Å². The molecule has 0 aromatic carbocycles. The molecular formula is C14H33ClOS. The summed E-state index contributed by atoms with van der Waals surface area (Å²) in [5.74, 6) is 1.03. The van der Waals surface area contributed by atoms with Crippen molar-refractivity contribution < 1.29 is 4.55 Å². The highest BCUT2D eigenvalue weighted by atomic mass is 35.5. The van der Waals surface area contributed by atoms with E-state index in [1.165, 1.54) is 64.2 Å². The predicted molar refractivity (Wildman–Crippen MR) is 86.0 cm³/mol. The topological polar surface area (TPSA) is 20.2 Å². The number of hydrogen-bond donors (Lipinski definition) is 1. The molecule has 0 radical (unpaired) electrons. The van der Waals surface area contributed by atoms with Crippen molar-refractivity contribution in [2.24, 2.45) is 0 Å². The van der Waals surface area contributed by atoms with Crippen LogP contribution < -0.4 is 0 Å². The fraction of sp³-hybridized carbons (Fsp3) is 1.00. The third kappa shape index (κ3) is 19.1. The fourth-order valence-electron chi connectivity index (χ4n) is 1.94. The zero-order valence-corrected chi connectivity index (χ0v) is 13.7. The SMILES string of the molecule is CCCCCCCCCCCCS(C)(C)O.Cl. The van der Waals surface area contributed by atoms with E-state index in [1.54, 1.807) is 0 Å². The minimum atomic E-state index is -1.23. The van der Waals surface area contributed by atoms with Gasteiger partial charge in [-0.05, 0) is 24.7 Å². The van der Waals surface area contributed by atoms with Gasteiger partial charge in [0.15, 0.2) is 0 Å². The Morgan fingerprint density at radius 3 is 1.41 bits per heavy atom. The Balaban J connectivity index is 0. The van der Waals surface area contributed by atoms with Crippen molar-refractivity contribution in [1.29, 1.82) is 0 Å². The highest BCUT2D eigenvalue weighted by Gasteiger charge is 2.04. The Hall–Kier alpha value is 0.600. The molecule has 0 aliphatic carbocycles. The first kappa shape index (κ1) is 19.9. The van der Waals surface area contributed by atoms with E-state index in [4.69, 9.17) is 0 Å². The van der Waals surface area contributed by atoms with E-state index in [0.29, 0.717) is 0 Å². The van der Waals surface area contributed by atoms with Gasteiger partial charge in [0, 0.05) is 0 Å². The number of unbranched alkanes of at least 4 members (excludes halogenated alkanes) is 9. The number of rotatable bonds is 11. The van der Waals surface area contributed by atoms with Crippen molar-refractivity contribution in [2.45, 2.75) is 71.1 Å². The van der Waals surface area contributed by atoms with E-state index >= 15 is 0 Å². The van der Waals surface area contributed by atoms with Gasteiger partial charge in [-0.2, -0.15) is 0 Å². The van der Waals surface area contributed by atoms with E-state index in [1.807, 2.05) is 12.5 Å². The molecule has 0 spiro atoms. The summed E-state index contributed by atoms with van der Waals surface area (Å²) in [5, 5.41) is 0. The first-order chi connectivity index (χ1) is 7.56. The maximum atomic E-state index is 9.62. The number of hydrogen-bond acceptors (Lipinski definition) is 1. The summed E-state index contributed by atoms with van der Waals surface area (Å²) in [6, 6.07) is 0. The van der Waals surface area contributed by atoms with Crippen LogP contribution in [0, 0.1) is 0 Å². The zero-order chi connectivity index (χ0) is 12.3. The molecule has 108 valence electrons. The minimum absolute atomic E-state index is 0. The monoisotopic (exact) mass is 284 g/mol. The van der Waals surface area contributed by atoms with E-state index in [2.05, 4.69) is 6.92 Å². The van der Waals surface area contributed by atoms with E-state index in [9.17, 15) is 4.55 Å². The molecule has 0 aliphatic heterocycles. The molecule has 0 aromatic heterocycles. The normalized spacial score (nSPS) is 12.2. The smallest absolute Gasteiger partial charge is 0.00176 e. The summed E-state index contributed by atoms with van der Waals surface area (Å²) in [6.07, 6.45) is 17.7. The van der Waals surface area contributed by atoms with Crippen molar-refractivity contribution in [3.63, 3.8) is 0 Å². The maximum absolute atomic E-state index is 9.62. The minimum Gasteiger partial charge on any atom is -0.352 e. The van der Waals surface area contributed by atoms with Gasteiger partial charge in [0.2, 0.25) is 0 Å². The maximum Gasteiger partial charge on any atom is -0.00176 e. The van der Waals surface area contributed by atoms with Crippen LogP contribution in [0.15, 0.2) is 0 Å². The van der Waals surface area contributed by atoms with Crippen molar-refractivity contribution in [2.75, 3.05) is 18.3 Å². The fourth-order valence-corrected chi connectivity index (χ4v) is 2.85. The van der Waals surface area contributed by atoms with Gasteiger partial charge in [-0.15, -0.1) is 22.7 Å². The van der Waals surface area contributed by atoms with Crippen LogP contribution in [-0.2, 0) is 0 Å². The zero-order valence-electron chi connectivity index (χ0n) is 12.0. The summed E-state index contributed by atoms with van der Waals surface area (Å²) in [7, 11) is -1.23. The lowest BCUT2D eigenvalue weighted by Gasteiger charge is -2.22. The molecule has 0 atom stereocenters. The van der Waals surface area contributed by atoms with Gasteiger partial charge >= 0.3 is 0 Å². The Bertz CT molecular complexity index is 146. The summed E-state index contributed by atoms with van der Waals surface area (Å²) in [6.45, 7) is 2.27. The van der Waals surface area contributed by atoms with Crippen molar-refractivity contribution in [1.82, 2.24) is 0 Å². The third-order valence-corrected chi connectivity index (χ3v) is 4.29. The Labute approximate surface area is 117 Å². The van der Waals surface area contributed by atoms with Crippen LogP contribution in [0.3, 0.4) is 0 Å². The van der Waals surface area contributed by atoms with Gasteiger partial charge in [-0.25, -0.2) is 0 Å². The molecule has 0 fully saturated rings. The molecule has 3 heteroatoms. The Morgan fingerprint density at radius 2 is 1.06 bits per heavy atom. The van der Waals surface area contributed by atoms with Crippen LogP contribution in [0.1, 0.15) is 71.1 Å². The molecule has 0 aromatic rings. The van der Waals surface area contributed by atoms with Crippen LogP contribution >= 0.6 is 22.7 Å². The molecular weight excluding hydrogens is 252 g/mol. The lowest BCUT2D eigenvalue weighted by Crippen LogP contribution is -1.98. The van der Waals surface area contributed by atoms with Crippen molar-refractivity contribution >= 4 is 22.7 Å². The molecule has 0 heterocycles. The van der Waals surface area contributed by atoms with Gasteiger partial charge in [0.25, 0.3) is 0 Å². The summed E-state index contributed by atoms with van der Waals surface area (Å²) in [4.78, 5) is 0. The van der Waals surface area contributed by atoms with Crippen LogP contribution in [-0.4, -0.2) is 22.8 Å². The lowest BCUT2D eigenvalue weighted by molar-refractivity contribution is 0.560. The van der Waals surface area contributed by atoms with Crippen LogP contribution in [0.5, 0.6) is 0 Å². The summed E-state index contributed by atoms with van der Waals surface area (Å²) in [5.41, 5.74) is 0. The van der Waals surface area contributed by atoms with Crippen LogP contribution in [0.4, 0.5) is 0 Å². The predicted octanol–water partition coefficient (Wildman–Crippen LogP) is 5.87. The highest BCUT2D eigenvalue weighted by Crippen LogP contribution is 2.34. The molecule has 1 nitrogen and oxygen atoms in total. The molecule has 1 N–H and O–H groups in total. The summed E-state index contributed by atoms with van der Waals surface area (Å²) >= 11 is 0. The molecule has 0 rings (SSSR count). The molecule has 0 saturated heterocycles. The van der Waals surface area contributed by atoms with Crippen LogP contribution in [0.25, 0.3) is 0 Å².